The van der Waals surface area contributed by atoms with E-state index in [4.69, 9.17) is 9.47 Å². The van der Waals surface area contributed by atoms with Crippen molar-refractivity contribution in [2.45, 2.75) is 18.9 Å². The first kappa shape index (κ1) is 21.7. The van der Waals surface area contributed by atoms with Crippen molar-refractivity contribution in [2.75, 3.05) is 29.5 Å². The van der Waals surface area contributed by atoms with Gasteiger partial charge in [-0.15, -0.1) is 0 Å². The predicted octanol–water partition coefficient (Wildman–Crippen LogP) is 3.68. The maximum absolute atomic E-state index is 15.0. The topological polar surface area (TPSA) is 98.0 Å². The van der Waals surface area contributed by atoms with Gasteiger partial charge < -0.3 is 14.0 Å². The number of benzene rings is 1. The van der Waals surface area contributed by atoms with Crippen LogP contribution in [0.4, 0.5) is 29.5 Å². The first-order valence-electron chi connectivity index (χ1n) is 10.4. The molecule has 0 radical (unpaired) electrons. The number of carbonyl (C=O) groups is 2. The van der Waals surface area contributed by atoms with E-state index in [0.29, 0.717) is 25.2 Å². The monoisotopic (exact) mass is 474 g/mol. The Balaban J connectivity index is 1.37. The van der Waals surface area contributed by atoms with E-state index in [0.717, 1.165) is 11.0 Å². The molecule has 0 N–H and O–H groups in total. The van der Waals surface area contributed by atoms with Crippen molar-refractivity contribution >= 4 is 23.5 Å². The van der Waals surface area contributed by atoms with Crippen LogP contribution in [0.2, 0.25) is 0 Å². The highest BCUT2D eigenvalue weighted by atomic mass is 19.2. The van der Waals surface area contributed by atoms with Gasteiger partial charge in [0.2, 0.25) is 5.91 Å². The Kier molecular flexibility index (Phi) is 5.56. The number of pyridine rings is 1. The van der Waals surface area contributed by atoms with Gasteiger partial charge in [-0.25, -0.2) is 22.9 Å². The van der Waals surface area contributed by atoms with Crippen molar-refractivity contribution in [1.82, 2.24) is 10.1 Å². The smallest absolute Gasteiger partial charge is 0.414 e. The van der Waals surface area contributed by atoms with E-state index in [2.05, 4.69) is 14.7 Å². The molecular formula is C22H17F3N4O5. The zero-order valence-electron chi connectivity index (χ0n) is 17.5. The molecule has 1 aromatic carbocycles. The maximum Gasteiger partial charge on any atom is 0.414 e. The van der Waals surface area contributed by atoms with Crippen LogP contribution in [0.1, 0.15) is 12.8 Å². The molecule has 0 spiro atoms. The summed E-state index contributed by atoms with van der Waals surface area (Å²) < 4.78 is 59.8. The van der Waals surface area contributed by atoms with E-state index in [1.54, 1.807) is 0 Å². The van der Waals surface area contributed by atoms with Crippen molar-refractivity contribution in [2.24, 2.45) is 0 Å². The second-order valence-electron chi connectivity index (χ2n) is 7.70. The van der Waals surface area contributed by atoms with Crippen LogP contribution in [0.25, 0.3) is 11.1 Å². The molecule has 2 saturated heterocycles. The van der Waals surface area contributed by atoms with Crippen molar-refractivity contribution in [3.05, 3.63) is 54.2 Å². The minimum absolute atomic E-state index is 0.0151. The number of aromatic nitrogens is 2. The summed E-state index contributed by atoms with van der Waals surface area (Å²) in [6, 6.07) is 4.98. The van der Waals surface area contributed by atoms with Crippen molar-refractivity contribution in [1.29, 1.82) is 0 Å². The molecule has 1 unspecified atom stereocenters. The van der Waals surface area contributed by atoms with Crippen molar-refractivity contribution in [3.63, 3.8) is 0 Å². The lowest BCUT2D eigenvalue weighted by Gasteiger charge is -2.17. The zero-order valence-corrected chi connectivity index (χ0v) is 17.5. The summed E-state index contributed by atoms with van der Waals surface area (Å²) in [7, 11) is 0. The number of hydrogen-bond donors (Lipinski definition) is 0. The quantitative estimate of drug-likeness (QED) is 0.503. The largest absolute Gasteiger partial charge is 0.471 e. The number of carbonyl (C=O) groups excluding carboxylic acids is 2. The molecule has 0 bridgehead atoms. The molecule has 2 amide bonds. The molecule has 12 heteroatoms. The lowest BCUT2D eigenvalue weighted by Crippen LogP contribution is -2.28. The highest BCUT2D eigenvalue weighted by molar-refractivity contribution is 5.94. The van der Waals surface area contributed by atoms with Crippen LogP contribution in [0.5, 0.6) is 5.88 Å². The lowest BCUT2D eigenvalue weighted by atomic mass is 10.0. The third kappa shape index (κ3) is 3.91. The number of rotatable bonds is 6. The van der Waals surface area contributed by atoms with E-state index in [9.17, 15) is 22.8 Å². The van der Waals surface area contributed by atoms with Gasteiger partial charge in [-0.2, -0.15) is 0 Å². The molecule has 2 aliphatic rings. The van der Waals surface area contributed by atoms with Gasteiger partial charge in [-0.05, 0) is 23.7 Å². The van der Waals surface area contributed by atoms with Crippen LogP contribution >= 0.6 is 0 Å². The Morgan fingerprint density at radius 1 is 1.12 bits per heavy atom. The molecule has 1 atom stereocenters. The van der Waals surface area contributed by atoms with Gasteiger partial charge in [-0.1, -0.05) is 0 Å². The minimum atomic E-state index is -1.48. The highest BCUT2D eigenvalue weighted by Crippen LogP contribution is 2.35. The fraction of sp³-hybridized carbons (Fsp3) is 0.273. The van der Waals surface area contributed by atoms with Gasteiger partial charge in [0.1, 0.15) is 24.5 Å². The van der Waals surface area contributed by atoms with E-state index < -0.39 is 40.9 Å². The van der Waals surface area contributed by atoms with E-state index in [1.165, 1.54) is 35.6 Å². The van der Waals surface area contributed by atoms with E-state index >= 15 is 0 Å². The second-order valence-corrected chi connectivity index (χ2v) is 7.70. The molecule has 34 heavy (non-hydrogen) atoms. The molecule has 2 fully saturated rings. The molecule has 3 aromatic rings. The number of cyclic esters (lactones) is 1. The molecule has 176 valence electrons. The summed E-state index contributed by atoms with van der Waals surface area (Å²) in [6.07, 6.45) is 1.78. The predicted molar refractivity (Wildman–Crippen MR) is 111 cm³/mol. The molecule has 5 rings (SSSR count). The molecule has 0 aliphatic carbocycles. The second kappa shape index (κ2) is 8.69. The Morgan fingerprint density at radius 2 is 1.97 bits per heavy atom. The van der Waals surface area contributed by atoms with Crippen molar-refractivity contribution in [3.8, 4) is 17.0 Å². The lowest BCUT2D eigenvalue weighted by molar-refractivity contribution is -0.117. The van der Waals surface area contributed by atoms with Crippen LogP contribution in [-0.2, 0) is 9.53 Å². The van der Waals surface area contributed by atoms with Crippen LogP contribution in [0.3, 0.4) is 0 Å². The summed E-state index contributed by atoms with van der Waals surface area (Å²) >= 11 is 0. The number of amides is 2. The summed E-state index contributed by atoms with van der Waals surface area (Å²) in [4.78, 5) is 30.5. The SMILES string of the molecule is O=C1CCCN1c1ccc(-c2c(F)cc(N3CC(COc4ccon4)OC3=O)c(F)c2F)cn1. The fourth-order valence-corrected chi connectivity index (χ4v) is 3.89. The number of anilines is 2. The molecule has 2 aliphatic heterocycles. The third-order valence-electron chi connectivity index (χ3n) is 5.52. The van der Waals surface area contributed by atoms with Gasteiger partial charge in [0, 0.05) is 36.9 Å². The minimum Gasteiger partial charge on any atom is -0.471 e. The number of nitrogens with zero attached hydrogens (tertiary/aromatic N) is 4. The average Bonchev–Trinajstić information content (AvgIpc) is 3.57. The molecule has 2 aromatic heterocycles. The Bertz CT molecular complexity index is 1240. The van der Waals surface area contributed by atoms with Crippen molar-refractivity contribution < 1.29 is 36.8 Å². The van der Waals surface area contributed by atoms with Gasteiger partial charge in [0.05, 0.1) is 17.8 Å². The Morgan fingerprint density at radius 3 is 2.65 bits per heavy atom. The van der Waals surface area contributed by atoms with Crippen LogP contribution < -0.4 is 14.5 Å². The number of halogens is 3. The normalized spacial score (nSPS) is 18.0. The molecule has 9 nitrogen and oxygen atoms in total. The molecule has 4 heterocycles. The zero-order chi connectivity index (χ0) is 23.8. The summed E-state index contributed by atoms with van der Waals surface area (Å²) in [5.74, 6) is -3.55. The van der Waals surface area contributed by atoms with Gasteiger partial charge in [0.25, 0.3) is 5.88 Å². The van der Waals surface area contributed by atoms with E-state index in [1.807, 2.05) is 0 Å². The van der Waals surface area contributed by atoms with Gasteiger partial charge >= 0.3 is 6.09 Å². The highest BCUT2D eigenvalue weighted by Gasteiger charge is 2.36. The van der Waals surface area contributed by atoms with Gasteiger partial charge in [-0.3, -0.25) is 14.6 Å². The maximum atomic E-state index is 15.0. The van der Waals surface area contributed by atoms with Gasteiger partial charge in [0.15, 0.2) is 17.7 Å². The van der Waals surface area contributed by atoms with Crippen LogP contribution in [0.15, 0.2) is 41.2 Å². The van der Waals surface area contributed by atoms with Crippen LogP contribution in [-0.4, -0.2) is 47.9 Å². The number of hydrogen-bond acceptors (Lipinski definition) is 7. The summed E-state index contributed by atoms with van der Waals surface area (Å²) in [5.41, 5.74) is -1.25. The Labute approximate surface area is 190 Å². The summed E-state index contributed by atoms with van der Waals surface area (Å²) in [6.45, 7) is 0.205. The van der Waals surface area contributed by atoms with E-state index in [-0.39, 0.29) is 30.5 Å². The summed E-state index contributed by atoms with van der Waals surface area (Å²) in [5, 5.41) is 3.55. The standard InChI is InChI=1S/C22H17F3N4O5/c23-14-8-15(29-10-13(34-22(29)31)11-32-17-5-7-33-27-17)20(24)21(25)19(14)12-3-4-16(26-9-12)28-6-1-2-18(28)30/h3-5,7-9,13H,1-2,6,10-11H2. The average molecular weight is 474 g/mol. The first-order chi connectivity index (χ1) is 16.4. The molecule has 0 saturated carbocycles. The third-order valence-corrected chi connectivity index (χ3v) is 5.52. The first-order valence-corrected chi connectivity index (χ1v) is 10.4. The van der Waals surface area contributed by atoms with Crippen LogP contribution in [0, 0.1) is 17.5 Å². The molecular weight excluding hydrogens is 457 g/mol. The fourth-order valence-electron chi connectivity index (χ4n) is 3.89. The number of ether oxygens (including phenoxy) is 2. The Hall–Kier alpha value is -4.09.